The highest BCUT2D eigenvalue weighted by molar-refractivity contribution is 7.47. The highest BCUT2D eigenvalue weighted by Crippen LogP contribution is 2.45. The Morgan fingerprint density at radius 3 is 0.875 bits per heavy atom. The highest BCUT2D eigenvalue weighted by atomic mass is 31.2. The van der Waals surface area contributed by atoms with Crippen LogP contribution in [0.4, 0.5) is 0 Å². The van der Waals surface area contributed by atoms with Gasteiger partial charge < -0.3 is 33.8 Å². The maximum Gasteiger partial charge on any atom is 0.472 e. The molecule has 0 heterocycles. The minimum atomic E-state index is -5.03. The van der Waals surface area contributed by atoms with E-state index in [-0.39, 0.29) is 25.7 Å². The van der Waals surface area contributed by atoms with Crippen molar-refractivity contribution in [3.8, 4) is 0 Å². The Morgan fingerprint density at radius 2 is 0.548 bits per heavy atom. The lowest BCUT2D eigenvalue weighted by Gasteiger charge is -2.21. The van der Waals surface area contributed by atoms with E-state index in [2.05, 4.69) is 155 Å². The van der Waals surface area contributed by atoms with Gasteiger partial charge in [0.05, 0.1) is 39.3 Å². The molecule has 0 aliphatic rings. The van der Waals surface area contributed by atoms with E-state index >= 15 is 0 Å². The maximum atomic E-state index is 13.1. The van der Waals surface area contributed by atoms with E-state index in [0.717, 1.165) is 109 Å². The van der Waals surface area contributed by atoms with Crippen LogP contribution in [-0.4, -0.2) is 96.7 Å². The first-order chi connectivity index (χ1) is 50.7. The van der Waals surface area contributed by atoms with Crippen LogP contribution in [0.3, 0.4) is 0 Å². The number of ether oxygens (including phenoxy) is 4. The third-order valence-corrected chi connectivity index (χ3v) is 17.0. The van der Waals surface area contributed by atoms with Crippen LogP contribution in [0.5, 0.6) is 0 Å². The van der Waals surface area contributed by atoms with Gasteiger partial charge in [-0.2, -0.15) is 0 Å². The van der Waals surface area contributed by atoms with Crippen molar-refractivity contribution in [2.45, 2.75) is 277 Å². The van der Waals surface area contributed by atoms with E-state index in [4.69, 9.17) is 37.0 Å². The van der Waals surface area contributed by atoms with Gasteiger partial charge in [0.2, 0.25) is 0 Å². The number of carbonyl (C=O) groups is 4. The van der Waals surface area contributed by atoms with Crippen LogP contribution in [-0.2, 0) is 65.4 Å². The number of rotatable bonds is 70. The highest BCUT2D eigenvalue weighted by Gasteiger charge is 2.30. The molecule has 0 rings (SSSR count). The summed E-state index contributed by atoms with van der Waals surface area (Å²) in [6.07, 6.45) is 92.2. The van der Waals surface area contributed by atoms with E-state index < -0.39 is 97.5 Å². The van der Waals surface area contributed by atoms with E-state index in [1.54, 1.807) is 18.2 Å². The summed E-state index contributed by atoms with van der Waals surface area (Å²) in [6, 6.07) is 0. The third-order valence-electron chi connectivity index (χ3n) is 15.1. The number of esters is 4. The molecule has 19 heteroatoms. The van der Waals surface area contributed by atoms with Gasteiger partial charge in [-0.25, -0.2) is 9.13 Å². The van der Waals surface area contributed by atoms with Gasteiger partial charge in [-0.1, -0.05) is 312 Å². The average Bonchev–Trinajstić information content (AvgIpc) is 0.918. The van der Waals surface area contributed by atoms with Gasteiger partial charge in [-0.15, -0.1) is 0 Å². The topological polar surface area (TPSA) is 237 Å². The molecule has 17 nitrogen and oxygen atoms in total. The minimum Gasteiger partial charge on any atom is -0.462 e. The molecule has 5 unspecified atom stereocenters. The molecule has 0 aliphatic carbocycles. The molecule has 0 fully saturated rings. The van der Waals surface area contributed by atoms with Gasteiger partial charge >= 0.3 is 39.5 Å². The lowest BCUT2D eigenvalue weighted by molar-refractivity contribution is -0.160. The SMILES string of the molecule is CC/C=C\C/C=C\C/C=C\C/C=C\C/C=C\C/C=C\CCC(=O)OCC(COP(=O)(O)OCC(O)COP(=O)(O)OCC(COC(=O)C/C=C\C/C=C\C/C=C\C/C=C\C/C=C\CC)OC(=O)CCCCCCCCCCCCCCCCC)OC(=O)C/C=C\C/C=C\C/C=C\C/C=C\C/C=C\CC. The quantitative estimate of drug-likeness (QED) is 0.0169. The summed E-state index contributed by atoms with van der Waals surface area (Å²) in [7, 11) is -10.0. The lowest BCUT2D eigenvalue weighted by Crippen LogP contribution is -2.30. The third kappa shape index (κ3) is 74.2. The van der Waals surface area contributed by atoms with Crippen molar-refractivity contribution in [1.29, 1.82) is 0 Å². The summed E-state index contributed by atoms with van der Waals surface area (Å²) in [4.78, 5) is 72.8. The van der Waals surface area contributed by atoms with Crippen LogP contribution in [0.1, 0.15) is 259 Å². The fourth-order valence-electron chi connectivity index (χ4n) is 9.39. The molecule has 0 saturated carbocycles. The van der Waals surface area contributed by atoms with E-state index in [9.17, 15) is 43.2 Å². The van der Waals surface area contributed by atoms with Crippen molar-refractivity contribution in [2.75, 3.05) is 39.6 Å². The molecule has 0 amide bonds. The Labute approximate surface area is 627 Å². The van der Waals surface area contributed by atoms with Gasteiger partial charge in [0.1, 0.15) is 19.3 Å². The Kier molecular flexibility index (Phi) is 70.7. The van der Waals surface area contributed by atoms with E-state index in [1.807, 2.05) is 48.6 Å². The second-order valence-electron chi connectivity index (χ2n) is 24.8. The molecule has 104 heavy (non-hydrogen) atoms. The van der Waals surface area contributed by atoms with Crippen molar-refractivity contribution >= 4 is 39.5 Å². The van der Waals surface area contributed by atoms with Crippen molar-refractivity contribution < 1.29 is 80.2 Å². The molecule has 0 saturated heterocycles. The zero-order valence-electron chi connectivity index (χ0n) is 63.9. The molecular weight excluding hydrogens is 1350 g/mol. The molecule has 5 atom stereocenters. The average molecular weight is 1490 g/mol. The van der Waals surface area contributed by atoms with Crippen LogP contribution < -0.4 is 0 Å². The summed E-state index contributed by atoms with van der Waals surface area (Å²) in [5, 5.41) is 10.6. The molecular formula is C85H134O17P2. The molecule has 0 aliphatic heterocycles. The number of hydrogen-bond acceptors (Lipinski definition) is 15. The molecule has 586 valence electrons. The summed E-state index contributed by atoms with van der Waals surface area (Å²) in [5.74, 6) is -2.59. The van der Waals surface area contributed by atoms with Gasteiger partial charge in [0.15, 0.2) is 12.2 Å². The van der Waals surface area contributed by atoms with Gasteiger partial charge in [0, 0.05) is 12.8 Å². The molecule has 0 bridgehead atoms. The number of aliphatic hydroxyl groups excluding tert-OH is 1. The van der Waals surface area contributed by atoms with Gasteiger partial charge in [0.25, 0.3) is 0 Å². The summed E-state index contributed by atoms with van der Waals surface area (Å²) in [5.41, 5.74) is 0. The second-order valence-corrected chi connectivity index (χ2v) is 27.7. The number of carbonyl (C=O) groups excluding carboxylic acids is 4. The predicted octanol–water partition coefficient (Wildman–Crippen LogP) is 22.5. The van der Waals surface area contributed by atoms with E-state index in [0.29, 0.717) is 32.1 Å². The van der Waals surface area contributed by atoms with Gasteiger partial charge in [-0.05, 0) is 116 Å². The number of allylic oxidation sites excluding steroid dienone is 30. The zero-order valence-corrected chi connectivity index (χ0v) is 65.6. The molecule has 0 radical (unpaired) electrons. The largest absolute Gasteiger partial charge is 0.472 e. The Hall–Kier alpha value is -6.10. The summed E-state index contributed by atoms with van der Waals surface area (Å²) >= 11 is 0. The molecule has 0 aromatic carbocycles. The number of hydrogen-bond donors (Lipinski definition) is 3. The number of phosphoric acid groups is 2. The normalized spacial score (nSPS) is 15.0. The summed E-state index contributed by atoms with van der Waals surface area (Å²) < 4.78 is 68.2. The van der Waals surface area contributed by atoms with Crippen LogP contribution in [0.25, 0.3) is 0 Å². The monoisotopic (exact) mass is 1490 g/mol. The van der Waals surface area contributed by atoms with Crippen LogP contribution in [0.15, 0.2) is 194 Å². The van der Waals surface area contributed by atoms with Crippen molar-refractivity contribution in [1.82, 2.24) is 0 Å². The van der Waals surface area contributed by atoms with Crippen LogP contribution >= 0.6 is 15.6 Å². The standard InChI is InChI=1S/C85H134O17P2/c1-5-9-13-17-21-25-29-33-37-38-39-40-44-46-50-54-58-62-66-70-83(88)96-76-81(102-85(90)72-68-64-60-56-52-48-43-36-32-28-24-20-16-12-8-4)78-100-104(93,94)98-74-79(86)73-97-103(91,92)99-77-80(101-84(89)71-67-63-59-55-51-47-42-35-31-27-23-19-15-11-7-3)75-95-82(87)69-65-61-57-53-49-45-41-34-30-26-22-18-14-10-6-2/h9-10,12-14,16,21-22,24-26,28,33-34,36-37,39-41,43,46,49-50,52-53,56,58,61-62,64-65,68,79-81,86H,5-8,11,15,17-20,23,27,29-32,35,38,42,44-45,47-48,51,54-55,57,59-60,63,66-67,69-78H2,1-4H3,(H,91,92)(H,93,94)/b13-9-,14-10-,16-12-,25-21-,26-22-,28-24-,37-33-,40-39-,41-34-,43-36-,50-46-,53-49-,56-52-,62-58-,65-61-,68-64-. The lowest BCUT2D eigenvalue weighted by atomic mass is 10.0. The van der Waals surface area contributed by atoms with Crippen LogP contribution in [0, 0.1) is 0 Å². The molecule has 0 aromatic rings. The van der Waals surface area contributed by atoms with Crippen molar-refractivity contribution in [2.24, 2.45) is 0 Å². The number of unbranched alkanes of at least 4 members (excludes halogenated alkanes) is 14. The molecule has 0 aromatic heterocycles. The fourth-order valence-corrected chi connectivity index (χ4v) is 11.0. The molecule has 0 spiro atoms. The Morgan fingerprint density at radius 1 is 0.288 bits per heavy atom. The predicted molar refractivity (Wildman–Crippen MR) is 426 cm³/mol. The van der Waals surface area contributed by atoms with Crippen molar-refractivity contribution in [3.63, 3.8) is 0 Å². The maximum absolute atomic E-state index is 13.1. The first-order valence-corrected chi connectivity index (χ1v) is 41.7. The van der Waals surface area contributed by atoms with E-state index in [1.165, 1.54) is 64.2 Å². The first-order valence-electron chi connectivity index (χ1n) is 38.7. The summed E-state index contributed by atoms with van der Waals surface area (Å²) in [6.45, 7) is 4.18. The zero-order chi connectivity index (χ0) is 76.0. The second kappa shape index (κ2) is 75.1. The van der Waals surface area contributed by atoms with Crippen LogP contribution in [0.2, 0.25) is 0 Å². The van der Waals surface area contributed by atoms with Crippen molar-refractivity contribution in [3.05, 3.63) is 194 Å². The fraction of sp³-hybridized carbons (Fsp3) is 0.576. The number of aliphatic hydroxyl groups is 1. The number of phosphoric ester groups is 2. The Balaban J connectivity index is 5.57. The minimum absolute atomic E-state index is 0.00709. The first kappa shape index (κ1) is 97.9. The molecule has 3 N–H and O–H groups in total. The smallest absolute Gasteiger partial charge is 0.462 e. The van der Waals surface area contributed by atoms with Gasteiger partial charge in [-0.3, -0.25) is 37.3 Å². The Bertz CT molecular complexity index is 2740.